The molecule has 2 N–H and O–H groups in total. The summed E-state index contributed by atoms with van der Waals surface area (Å²) in [7, 11) is 0. The first-order chi connectivity index (χ1) is 6.74. The van der Waals surface area contributed by atoms with E-state index >= 15 is 0 Å². The summed E-state index contributed by atoms with van der Waals surface area (Å²) in [6.07, 6.45) is 9.37. The molecule has 0 saturated heterocycles. The van der Waals surface area contributed by atoms with E-state index in [-0.39, 0.29) is 5.97 Å². The van der Waals surface area contributed by atoms with Gasteiger partial charge in [0.2, 0.25) is 0 Å². The summed E-state index contributed by atoms with van der Waals surface area (Å²) in [5, 5.41) is 0. The fourth-order valence-electron chi connectivity index (χ4n) is 0.768. The van der Waals surface area contributed by atoms with Crippen molar-refractivity contribution in [2.24, 2.45) is 5.73 Å². The first-order valence-corrected chi connectivity index (χ1v) is 4.30. The van der Waals surface area contributed by atoms with Crippen LogP contribution in [0.15, 0.2) is 48.7 Å². The predicted molar refractivity (Wildman–Crippen MR) is 57.4 cm³/mol. The van der Waals surface area contributed by atoms with Crippen molar-refractivity contribution in [1.82, 2.24) is 0 Å². The van der Waals surface area contributed by atoms with E-state index in [9.17, 15) is 4.79 Å². The Kier molecular flexibility index (Phi) is 6.86. The average molecular weight is 193 g/mol. The number of ether oxygens (including phenoxy) is 1. The van der Waals surface area contributed by atoms with Crippen molar-refractivity contribution in [1.29, 1.82) is 0 Å². The third-order valence-electron chi connectivity index (χ3n) is 1.30. The molecular weight excluding hydrogens is 178 g/mol. The summed E-state index contributed by atoms with van der Waals surface area (Å²) >= 11 is 0. The normalized spacial score (nSPS) is 12.2. The number of rotatable bonds is 5. The van der Waals surface area contributed by atoms with Gasteiger partial charge in [0.25, 0.3) is 0 Å². The van der Waals surface area contributed by atoms with Crippen LogP contribution in [0.1, 0.15) is 6.92 Å². The standard InChI is InChI=1S/C11H15NO2/c1-3-5-10(8-9-12)6-7-11(13)14-4-2/h3,5-9H,1,4,12H2,2H3/b7-6+,9-8-,10-5-. The minimum Gasteiger partial charge on any atom is -0.463 e. The maximum absolute atomic E-state index is 10.9. The molecule has 0 bridgehead atoms. The third-order valence-corrected chi connectivity index (χ3v) is 1.30. The summed E-state index contributed by atoms with van der Waals surface area (Å²) in [5.41, 5.74) is 6.01. The van der Waals surface area contributed by atoms with Gasteiger partial charge in [-0.05, 0) is 30.8 Å². The van der Waals surface area contributed by atoms with Gasteiger partial charge in [0.05, 0.1) is 6.61 Å². The molecule has 0 unspecified atom stereocenters. The predicted octanol–water partition coefficient (Wildman–Crippen LogP) is 1.69. The third kappa shape index (κ3) is 5.83. The fourth-order valence-corrected chi connectivity index (χ4v) is 0.768. The molecule has 0 atom stereocenters. The lowest BCUT2D eigenvalue weighted by Gasteiger charge is -1.95. The molecule has 14 heavy (non-hydrogen) atoms. The highest BCUT2D eigenvalue weighted by Crippen LogP contribution is 1.99. The molecular formula is C11H15NO2. The second-order valence-electron chi connectivity index (χ2n) is 2.35. The van der Waals surface area contributed by atoms with Crippen LogP contribution >= 0.6 is 0 Å². The van der Waals surface area contributed by atoms with Crippen molar-refractivity contribution < 1.29 is 9.53 Å². The number of carbonyl (C=O) groups excluding carboxylic acids is 1. The Morgan fingerprint density at radius 1 is 1.43 bits per heavy atom. The van der Waals surface area contributed by atoms with Gasteiger partial charge in [-0.15, -0.1) is 0 Å². The van der Waals surface area contributed by atoms with E-state index in [0.29, 0.717) is 6.61 Å². The van der Waals surface area contributed by atoms with E-state index in [4.69, 9.17) is 10.5 Å². The Morgan fingerprint density at radius 2 is 2.14 bits per heavy atom. The van der Waals surface area contributed by atoms with Crippen molar-refractivity contribution in [3.05, 3.63) is 48.7 Å². The van der Waals surface area contributed by atoms with E-state index in [2.05, 4.69) is 6.58 Å². The van der Waals surface area contributed by atoms with Crippen molar-refractivity contribution >= 4 is 5.97 Å². The molecule has 0 fully saturated rings. The van der Waals surface area contributed by atoms with Crippen LogP contribution < -0.4 is 5.73 Å². The van der Waals surface area contributed by atoms with E-state index in [0.717, 1.165) is 5.57 Å². The second kappa shape index (κ2) is 7.86. The lowest BCUT2D eigenvalue weighted by Crippen LogP contribution is -1.98. The maximum atomic E-state index is 10.9. The largest absolute Gasteiger partial charge is 0.463 e. The molecule has 0 radical (unpaired) electrons. The summed E-state index contributed by atoms with van der Waals surface area (Å²) in [5.74, 6) is -0.368. The van der Waals surface area contributed by atoms with Crippen LogP contribution in [0.3, 0.4) is 0 Å². The van der Waals surface area contributed by atoms with Gasteiger partial charge in [-0.2, -0.15) is 0 Å². The van der Waals surface area contributed by atoms with E-state index in [1.807, 2.05) is 0 Å². The highest BCUT2D eigenvalue weighted by atomic mass is 16.5. The van der Waals surface area contributed by atoms with Gasteiger partial charge in [0, 0.05) is 6.08 Å². The van der Waals surface area contributed by atoms with Crippen molar-refractivity contribution in [2.75, 3.05) is 6.61 Å². The molecule has 0 aliphatic rings. The second-order valence-corrected chi connectivity index (χ2v) is 2.35. The van der Waals surface area contributed by atoms with Crippen molar-refractivity contribution in [3.8, 4) is 0 Å². The SMILES string of the molecule is C=C/C=C(\C=C/N)/C=C/C(=O)OCC. The minimum atomic E-state index is -0.368. The molecule has 0 aliphatic heterocycles. The molecule has 0 amide bonds. The first kappa shape index (κ1) is 12.2. The van der Waals surface area contributed by atoms with Crippen LogP contribution in [-0.4, -0.2) is 12.6 Å². The summed E-state index contributed by atoms with van der Waals surface area (Å²) < 4.78 is 4.71. The van der Waals surface area contributed by atoms with Crippen LogP contribution in [0.5, 0.6) is 0 Å². The topological polar surface area (TPSA) is 52.3 Å². The summed E-state index contributed by atoms with van der Waals surface area (Å²) in [6, 6.07) is 0. The number of hydrogen-bond donors (Lipinski definition) is 1. The molecule has 0 aromatic heterocycles. The molecule has 0 aromatic rings. The highest BCUT2D eigenvalue weighted by Gasteiger charge is 1.92. The Labute approximate surface area is 84.2 Å². The first-order valence-electron chi connectivity index (χ1n) is 4.30. The van der Waals surface area contributed by atoms with Gasteiger partial charge in [0.1, 0.15) is 0 Å². The number of allylic oxidation sites excluding steroid dienone is 5. The number of hydrogen-bond acceptors (Lipinski definition) is 3. The van der Waals surface area contributed by atoms with Crippen LogP contribution in [0.25, 0.3) is 0 Å². The maximum Gasteiger partial charge on any atom is 0.330 e. The Bertz CT molecular complexity index is 275. The number of nitrogens with two attached hydrogens (primary N) is 1. The number of carbonyl (C=O) groups is 1. The molecule has 0 aliphatic carbocycles. The van der Waals surface area contributed by atoms with Gasteiger partial charge in [-0.25, -0.2) is 4.79 Å². The number of esters is 1. The molecule has 0 spiro atoms. The lowest BCUT2D eigenvalue weighted by molar-refractivity contribution is -0.137. The zero-order valence-corrected chi connectivity index (χ0v) is 8.27. The fraction of sp³-hybridized carbons (Fsp3) is 0.182. The Balaban J connectivity index is 4.36. The van der Waals surface area contributed by atoms with Gasteiger partial charge in [-0.1, -0.05) is 18.7 Å². The van der Waals surface area contributed by atoms with Crippen molar-refractivity contribution in [2.45, 2.75) is 6.92 Å². The summed E-state index contributed by atoms with van der Waals surface area (Å²) in [6.45, 7) is 5.67. The zero-order valence-electron chi connectivity index (χ0n) is 8.27. The van der Waals surface area contributed by atoms with Crippen molar-refractivity contribution in [3.63, 3.8) is 0 Å². The van der Waals surface area contributed by atoms with Crippen LogP contribution in [0.2, 0.25) is 0 Å². The van der Waals surface area contributed by atoms with Gasteiger partial charge >= 0.3 is 5.97 Å². The zero-order chi connectivity index (χ0) is 10.8. The monoisotopic (exact) mass is 193 g/mol. The quantitative estimate of drug-likeness (QED) is 0.410. The van der Waals surface area contributed by atoms with Gasteiger partial charge in [-0.3, -0.25) is 0 Å². The molecule has 0 saturated carbocycles. The molecule has 0 rings (SSSR count). The van der Waals surface area contributed by atoms with Crippen LogP contribution in [0.4, 0.5) is 0 Å². The van der Waals surface area contributed by atoms with E-state index < -0.39 is 0 Å². The molecule has 0 heterocycles. The molecule has 0 aromatic carbocycles. The molecule has 76 valence electrons. The van der Waals surface area contributed by atoms with Crippen LogP contribution in [0, 0.1) is 0 Å². The Morgan fingerprint density at radius 3 is 2.64 bits per heavy atom. The lowest BCUT2D eigenvalue weighted by atomic mass is 10.2. The Hall–Kier alpha value is -1.77. The highest BCUT2D eigenvalue weighted by molar-refractivity contribution is 5.82. The van der Waals surface area contributed by atoms with Gasteiger partial charge in [0.15, 0.2) is 0 Å². The van der Waals surface area contributed by atoms with Gasteiger partial charge < -0.3 is 10.5 Å². The van der Waals surface area contributed by atoms with E-state index in [1.165, 1.54) is 12.3 Å². The van der Waals surface area contributed by atoms with E-state index in [1.54, 1.807) is 31.2 Å². The minimum absolute atomic E-state index is 0.368. The molecule has 3 nitrogen and oxygen atoms in total. The summed E-state index contributed by atoms with van der Waals surface area (Å²) in [4.78, 5) is 10.9. The molecule has 3 heteroatoms. The van der Waals surface area contributed by atoms with Crippen LogP contribution in [-0.2, 0) is 9.53 Å². The average Bonchev–Trinajstić information content (AvgIpc) is 2.15. The smallest absolute Gasteiger partial charge is 0.330 e.